The number of hydrogen-bond acceptors (Lipinski definition) is 2. The van der Waals surface area contributed by atoms with E-state index in [1.54, 1.807) is 18.2 Å². The molecular weight excluding hydrogens is 252 g/mol. The highest BCUT2D eigenvalue weighted by Crippen LogP contribution is 2.17. The quantitative estimate of drug-likeness (QED) is 0.792. The number of fused-ring (bicyclic) bond motifs is 1. The fourth-order valence-corrected chi connectivity index (χ4v) is 2.38. The SMILES string of the molecule is Cc1nc2ccccc2n1Cc1cccc(C(=O)O)c1. The van der Waals surface area contributed by atoms with Crippen LogP contribution in [-0.2, 0) is 6.54 Å². The standard InChI is InChI=1S/C16H14N2O2/c1-11-17-14-7-2-3-8-15(14)18(11)10-12-5-4-6-13(9-12)16(19)20/h2-9H,10H2,1H3,(H,19,20). The zero-order chi connectivity index (χ0) is 14.1. The van der Waals surface area contributed by atoms with Crippen LogP contribution < -0.4 is 0 Å². The number of nitrogens with zero attached hydrogens (tertiary/aromatic N) is 2. The second-order valence-electron chi connectivity index (χ2n) is 4.74. The second-order valence-corrected chi connectivity index (χ2v) is 4.74. The van der Waals surface area contributed by atoms with E-state index < -0.39 is 5.97 Å². The number of aryl methyl sites for hydroxylation is 1. The Morgan fingerprint density at radius 1 is 1.20 bits per heavy atom. The van der Waals surface area contributed by atoms with Crippen LogP contribution in [0.2, 0.25) is 0 Å². The van der Waals surface area contributed by atoms with Gasteiger partial charge in [0, 0.05) is 6.54 Å². The Morgan fingerprint density at radius 3 is 2.80 bits per heavy atom. The van der Waals surface area contributed by atoms with E-state index in [1.807, 2.05) is 37.3 Å². The summed E-state index contributed by atoms with van der Waals surface area (Å²) in [5.74, 6) is 0.0194. The molecule has 0 unspecified atom stereocenters. The van der Waals surface area contributed by atoms with Gasteiger partial charge >= 0.3 is 5.97 Å². The van der Waals surface area contributed by atoms with Crippen LogP contribution in [0.25, 0.3) is 11.0 Å². The van der Waals surface area contributed by atoms with Crippen molar-refractivity contribution in [1.29, 1.82) is 0 Å². The fraction of sp³-hybridized carbons (Fsp3) is 0.125. The number of imidazole rings is 1. The smallest absolute Gasteiger partial charge is 0.335 e. The molecule has 0 aliphatic heterocycles. The lowest BCUT2D eigenvalue weighted by Crippen LogP contribution is -2.04. The van der Waals surface area contributed by atoms with Crippen molar-refractivity contribution in [3.63, 3.8) is 0 Å². The van der Waals surface area contributed by atoms with E-state index in [9.17, 15) is 4.79 Å². The molecule has 0 atom stereocenters. The van der Waals surface area contributed by atoms with E-state index in [-0.39, 0.29) is 0 Å². The molecule has 0 aliphatic rings. The average molecular weight is 266 g/mol. The number of para-hydroxylation sites is 2. The van der Waals surface area contributed by atoms with Crippen molar-refractivity contribution in [2.45, 2.75) is 13.5 Å². The topological polar surface area (TPSA) is 55.1 Å². The Kier molecular flexibility index (Phi) is 2.99. The predicted octanol–water partition coefficient (Wildman–Crippen LogP) is 3.09. The predicted molar refractivity (Wildman–Crippen MR) is 77.0 cm³/mol. The van der Waals surface area contributed by atoms with Gasteiger partial charge in [0.25, 0.3) is 0 Å². The first-order valence-electron chi connectivity index (χ1n) is 6.39. The van der Waals surface area contributed by atoms with Gasteiger partial charge in [0.15, 0.2) is 0 Å². The molecule has 0 radical (unpaired) electrons. The van der Waals surface area contributed by atoms with Crippen molar-refractivity contribution in [1.82, 2.24) is 9.55 Å². The molecule has 1 N–H and O–H groups in total. The van der Waals surface area contributed by atoms with Crippen LogP contribution in [0.5, 0.6) is 0 Å². The summed E-state index contributed by atoms with van der Waals surface area (Å²) < 4.78 is 2.09. The Morgan fingerprint density at radius 2 is 2.00 bits per heavy atom. The van der Waals surface area contributed by atoms with Crippen molar-refractivity contribution in [3.05, 3.63) is 65.5 Å². The van der Waals surface area contributed by atoms with E-state index >= 15 is 0 Å². The molecule has 100 valence electrons. The minimum absolute atomic E-state index is 0.310. The first-order valence-corrected chi connectivity index (χ1v) is 6.39. The molecule has 0 bridgehead atoms. The maximum absolute atomic E-state index is 11.0. The third kappa shape index (κ3) is 2.16. The van der Waals surface area contributed by atoms with Gasteiger partial charge in [0.1, 0.15) is 5.82 Å². The van der Waals surface area contributed by atoms with E-state index in [1.165, 1.54) is 0 Å². The van der Waals surface area contributed by atoms with Gasteiger partial charge in [-0.3, -0.25) is 0 Å². The van der Waals surface area contributed by atoms with Gasteiger partial charge in [-0.05, 0) is 36.8 Å². The average Bonchev–Trinajstić information content (AvgIpc) is 2.76. The zero-order valence-corrected chi connectivity index (χ0v) is 11.1. The fourth-order valence-electron chi connectivity index (χ4n) is 2.38. The van der Waals surface area contributed by atoms with Gasteiger partial charge in [0.2, 0.25) is 0 Å². The van der Waals surface area contributed by atoms with Gasteiger partial charge < -0.3 is 9.67 Å². The van der Waals surface area contributed by atoms with E-state index in [4.69, 9.17) is 5.11 Å². The van der Waals surface area contributed by atoms with Gasteiger partial charge in [-0.25, -0.2) is 9.78 Å². The first-order chi connectivity index (χ1) is 9.65. The molecule has 4 heteroatoms. The number of hydrogen-bond donors (Lipinski definition) is 1. The summed E-state index contributed by atoms with van der Waals surface area (Å²) in [6, 6.07) is 15.0. The van der Waals surface area contributed by atoms with Crippen LogP contribution in [0, 0.1) is 6.92 Å². The van der Waals surface area contributed by atoms with Crippen molar-refractivity contribution < 1.29 is 9.90 Å². The van der Waals surface area contributed by atoms with Gasteiger partial charge in [-0.15, -0.1) is 0 Å². The van der Waals surface area contributed by atoms with Gasteiger partial charge in [-0.2, -0.15) is 0 Å². The number of carbonyl (C=O) groups is 1. The molecule has 0 fully saturated rings. The van der Waals surface area contributed by atoms with Crippen LogP contribution in [0.15, 0.2) is 48.5 Å². The number of carboxylic acids is 1. The third-order valence-electron chi connectivity index (χ3n) is 3.36. The van der Waals surface area contributed by atoms with Crippen molar-refractivity contribution >= 4 is 17.0 Å². The molecule has 2 aromatic carbocycles. The molecule has 3 aromatic rings. The summed E-state index contributed by atoms with van der Waals surface area (Å²) in [6.45, 7) is 2.58. The molecule has 0 spiro atoms. The summed E-state index contributed by atoms with van der Waals surface area (Å²) in [7, 11) is 0. The van der Waals surface area contributed by atoms with Crippen molar-refractivity contribution in [2.24, 2.45) is 0 Å². The molecule has 0 saturated heterocycles. The van der Waals surface area contributed by atoms with E-state index in [2.05, 4.69) is 9.55 Å². The summed E-state index contributed by atoms with van der Waals surface area (Å²) in [6.07, 6.45) is 0. The zero-order valence-electron chi connectivity index (χ0n) is 11.1. The molecular formula is C16H14N2O2. The molecule has 0 saturated carbocycles. The molecule has 0 amide bonds. The highest BCUT2D eigenvalue weighted by Gasteiger charge is 2.08. The summed E-state index contributed by atoms with van der Waals surface area (Å²) in [5, 5.41) is 9.04. The number of aromatic carboxylic acids is 1. The third-order valence-corrected chi connectivity index (χ3v) is 3.36. The lowest BCUT2D eigenvalue weighted by atomic mass is 10.1. The highest BCUT2D eigenvalue weighted by atomic mass is 16.4. The molecule has 1 heterocycles. The molecule has 0 aliphatic carbocycles. The van der Waals surface area contributed by atoms with Crippen LogP contribution in [-0.4, -0.2) is 20.6 Å². The molecule has 3 rings (SSSR count). The van der Waals surface area contributed by atoms with Crippen LogP contribution in [0.3, 0.4) is 0 Å². The number of aromatic nitrogens is 2. The largest absolute Gasteiger partial charge is 0.478 e. The van der Waals surface area contributed by atoms with Crippen molar-refractivity contribution in [2.75, 3.05) is 0 Å². The van der Waals surface area contributed by atoms with Crippen LogP contribution in [0.1, 0.15) is 21.7 Å². The summed E-state index contributed by atoms with van der Waals surface area (Å²) >= 11 is 0. The second kappa shape index (κ2) is 4.81. The Balaban J connectivity index is 2.03. The van der Waals surface area contributed by atoms with Gasteiger partial charge in [-0.1, -0.05) is 24.3 Å². The Labute approximate surface area is 116 Å². The monoisotopic (exact) mass is 266 g/mol. The van der Waals surface area contributed by atoms with E-state index in [0.717, 1.165) is 22.4 Å². The minimum Gasteiger partial charge on any atom is -0.478 e. The first kappa shape index (κ1) is 12.4. The molecule has 4 nitrogen and oxygen atoms in total. The van der Waals surface area contributed by atoms with Gasteiger partial charge in [0.05, 0.1) is 16.6 Å². The minimum atomic E-state index is -0.904. The number of carboxylic acid groups (broad SMARTS) is 1. The normalized spacial score (nSPS) is 10.8. The Bertz CT molecular complexity index is 790. The lowest BCUT2D eigenvalue weighted by molar-refractivity contribution is 0.0696. The highest BCUT2D eigenvalue weighted by molar-refractivity contribution is 5.87. The van der Waals surface area contributed by atoms with Crippen LogP contribution in [0.4, 0.5) is 0 Å². The maximum atomic E-state index is 11.0. The summed E-state index contributed by atoms with van der Waals surface area (Å²) in [5.41, 5.74) is 3.28. The molecule has 20 heavy (non-hydrogen) atoms. The number of benzene rings is 2. The maximum Gasteiger partial charge on any atom is 0.335 e. The lowest BCUT2D eigenvalue weighted by Gasteiger charge is -2.07. The van der Waals surface area contributed by atoms with E-state index in [0.29, 0.717) is 12.1 Å². The van der Waals surface area contributed by atoms with Crippen molar-refractivity contribution in [3.8, 4) is 0 Å². The number of rotatable bonds is 3. The molecule has 1 aromatic heterocycles. The summed E-state index contributed by atoms with van der Waals surface area (Å²) in [4.78, 5) is 15.5. The Hall–Kier alpha value is -2.62. The van der Waals surface area contributed by atoms with Crippen LogP contribution >= 0.6 is 0 Å².